The van der Waals surface area contributed by atoms with Gasteiger partial charge in [0.15, 0.2) is 0 Å². The van der Waals surface area contributed by atoms with Gasteiger partial charge in [0, 0.05) is 32.2 Å². The lowest BCUT2D eigenvalue weighted by molar-refractivity contribution is -0.139. The van der Waals surface area contributed by atoms with Crippen molar-refractivity contribution in [2.75, 3.05) is 39.3 Å². The smallest absolute Gasteiger partial charge is 0.317 e. The number of hydrogen-bond donors (Lipinski definition) is 2. The molecule has 0 unspecified atom stereocenters. The third-order valence-corrected chi connectivity index (χ3v) is 4.49. The van der Waals surface area contributed by atoms with E-state index in [2.05, 4.69) is 17.1 Å². The Hall–Kier alpha value is -1.14. The van der Waals surface area contributed by atoms with Crippen LogP contribution < -0.4 is 5.32 Å². The minimum absolute atomic E-state index is 0.0972. The third kappa shape index (κ3) is 5.63. The van der Waals surface area contributed by atoms with E-state index in [1.54, 1.807) is 0 Å². The summed E-state index contributed by atoms with van der Waals surface area (Å²) in [6.45, 7) is 5.76. The van der Waals surface area contributed by atoms with Gasteiger partial charge in [-0.25, -0.2) is 0 Å². The maximum atomic E-state index is 12.1. The van der Waals surface area contributed by atoms with E-state index in [1.165, 1.54) is 12.8 Å². The van der Waals surface area contributed by atoms with Crippen LogP contribution in [0.25, 0.3) is 0 Å². The number of carboxylic acid groups (broad SMARTS) is 1. The van der Waals surface area contributed by atoms with Crippen molar-refractivity contribution in [3.05, 3.63) is 0 Å². The summed E-state index contributed by atoms with van der Waals surface area (Å²) >= 11 is 0. The standard InChI is InChI=1S/C15H27N3O3/c1-12-3-2-4-13(9-12)16-14(19)10-17-5-7-18(8-6-17)11-15(20)21/h12-13H,2-11H2,1H3,(H,16,19)(H,20,21)/t12-,13+/m0/s1. The van der Waals surface area contributed by atoms with E-state index in [0.29, 0.717) is 18.5 Å². The second-order valence-corrected chi connectivity index (χ2v) is 6.48. The lowest BCUT2D eigenvalue weighted by Crippen LogP contribution is -2.51. The van der Waals surface area contributed by atoms with Crippen molar-refractivity contribution in [1.29, 1.82) is 0 Å². The van der Waals surface area contributed by atoms with Gasteiger partial charge in [0.1, 0.15) is 0 Å². The molecular weight excluding hydrogens is 270 g/mol. The number of carbonyl (C=O) groups excluding carboxylic acids is 1. The first-order chi connectivity index (χ1) is 10.0. The molecule has 0 aromatic rings. The fraction of sp³-hybridized carbons (Fsp3) is 0.867. The van der Waals surface area contributed by atoms with Crippen molar-refractivity contribution in [3.8, 4) is 0 Å². The first-order valence-corrected chi connectivity index (χ1v) is 7.99. The topological polar surface area (TPSA) is 72.9 Å². The van der Waals surface area contributed by atoms with E-state index >= 15 is 0 Å². The van der Waals surface area contributed by atoms with Gasteiger partial charge in [-0.1, -0.05) is 19.8 Å². The summed E-state index contributed by atoms with van der Waals surface area (Å²) in [7, 11) is 0. The number of nitrogens with one attached hydrogen (secondary N) is 1. The van der Waals surface area contributed by atoms with Crippen LogP contribution in [0.1, 0.15) is 32.6 Å². The van der Waals surface area contributed by atoms with Gasteiger partial charge in [0.05, 0.1) is 13.1 Å². The van der Waals surface area contributed by atoms with Crippen LogP contribution in [0.3, 0.4) is 0 Å². The van der Waals surface area contributed by atoms with E-state index in [-0.39, 0.29) is 12.5 Å². The number of hydrogen-bond acceptors (Lipinski definition) is 4. The molecule has 1 amide bonds. The highest BCUT2D eigenvalue weighted by Crippen LogP contribution is 2.23. The average Bonchev–Trinajstić information content (AvgIpc) is 2.40. The second kappa shape index (κ2) is 7.75. The predicted molar refractivity (Wildman–Crippen MR) is 80.1 cm³/mol. The quantitative estimate of drug-likeness (QED) is 0.768. The molecule has 0 radical (unpaired) electrons. The Morgan fingerprint density at radius 3 is 2.29 bits per heavy atom. The van der Waals surface area contributed by atoms with Crippen molar-refractivity contribution < 1.29 is 14.7 Å². The normalized spacial score (nSPS) is 28.2. The first kappa shape index (κ1) is 16.2. The van der Waals surface area contributed by atoms with Gasteiger partial charge in [-0.05, 0) is 18.8 Å². The summed E-state index contributed by atoms with van der Waals surface area (Å²) < 4.78 is 0. The van der Waals surface area contributed by atoms with E-state index in [0.717, 1.165) is 39.0 Å². The van der Waals surface area contributed by atoms with E-state index in [9.17, 15) is 9.59 Å². The molecule has 0 bridgehead atoms. The van der Waals surface area contributed by atoms with Gasteiger partial charge < -0.3 is 10.4 Å². The minimum Gasteiger partial charge on any atom is -0.480 e. The number of amides is 1. The molecule has 2 fully saturated rings. The van der Waals surface area contributed by atoms with Gasteiger partial charge >= 0.3 is 5.97 Å². The molecule has 21 heavy (non-hydrogen) atoms. The molecule has 1 heterocycles. The molecule has 2 N–H and O–H groups in total. The zero-order valence-corrected chi connectivity index (χ0v) is 12.9. The average molecular weight is 297 g/mol. The Labute approximate surface area is 126 Å². The monoisotopic (exact) mass is 297 g/mol. The molecule has 0 spiro atoms. The SMILES string of the molecule is C[C@H]1CCC[C@@H](NC(=O)CN2CCN(CC(=O)O)CC2)C1. The van der Waals surface area contributed by atoms with Gasteiger partial charge in [-0.2, -0.15) is 0 Å². The zero-order chi connectivity index (χ0) is 15.2. The minimum atomic E-state index is -0.785. The number of nitrogens with zero attached hydrogens (tertiary/aromatic N) is 2. The Bertz CT molecular complexity index is 367. The Morgan fingerprint density at radius 2 is 1.71 bits per heavy atom. The largest absolute Gasteiger partial charge is 0.480 e. The number of carboxylic acids is 1. The molecule has 2 atom stereocenters. The highest BCUT2D eigenvalue weighted by Gasteiger charge is 2.23. The number of piperazine rings is 1. The molecule has 120 valence electrons. The molecule has 2 aliphatic rings. The van der Waals surface area contributed by atoms with Crippen LogP contribution >= 0.6 is 0 Å². The highest BCUT2D eigenvalue weighted by atomic mass is 16.4. The number of aliphatic carboxylic acids is 1. The fourth-order valence-electron chi connectivity index (χ4n) is 3.34. The molecule has 1 aliphatic heterocycles. The van der Waals surface area contributed by atoms with Crippen molar-refractivity contribution in [2.45, 2.75) is 38.6 Å². The van der Waals surface area contributed by atoms with E-state index in [4.69, 9.17) is 5.11 Å². The second-order valence-electron chi connectivity index (χ2n) is 6.48. The maximum absolute atomic E-state index is 12.1. The predicted octanol–water partition coefficient (Wildman–Crippen LogP) is 0.384. The molecule has 2 rings (SSSR count). The van der Waals surface area contributed by atoms with Gasteiger partial charge in [0.2, 0.25) is 5.91 Å². The molecule has 1 aliphatic carbocycles. The van der Waals surface area contributed by atoms with Crippen molar-refractivity contribution in [3.63, 3.8) is 0 Å². The summed E-state index contributed by atoms with van der Waals surface area (Å²) in [5.41, 5.74) is 0. The summed E-state index contributed by atoms with van der Waals surface area (Å²) in [6, 6.07) is 0.342. The van der Waals surface area contributed by atoms with E-state index in [1.807, 2.05) is 4.90 Å². The Morgan fingerprint density at radius 1 is 1.10 bits per heavy atom. The molecule has 1 saturated heterocycles. The number of rotatable bonds is 5. The van der Waals surface area contributed by atoms with Crippen molar-refractivity contribution >= 4 is 11.9 Å². The van der Waals surface area contributed by atoms with Crippen LogP contribution in [0.2, 0.25) is 0 Å². The molecule has 6 nitrogen and oxygen atoms in total. The van der Waals surface area contributed by atoms with Crippen molar-refractivity contribution in [2.24, 2.45) is 5.92 Å². The van der Waals surface area contributed by atoms with Gasteiger partial charge in [-0.15, -0.1) is 0 Å². The molecule has 0 aromatic heterocycles. The van der Waals surface area contributed by atoms with Gasteiger partial charge in [-0.3, -0.25) is 19.4 Å². The van der Waals surface area contributed by atoms with Crippen LogP contribution in [0.15, 0.2) is 0 Å². The lowest BCUT2D eigenvalue weighted by atomic mass is 9.87. The zero-order valence-electron chi connectivity index (χ0n) is 12.9. The molecule has 6 heteroatoms. The van der Waals surface area contributed by atoms with Crippen molar-refractivity contribution in [1.82, 2.24) is 15.1 Å². The summed E-state index contributed by atoms with van der Waals surface area (Å²) in [5.74, 6) is 0.0389. The molecule has 1 saturated carbocycles. The van der Waals surface area contributed by atoms with Gasteiger partial charge in [0.25, 0.3) is 0 Å². The van der Waals surface area contributed by atoms with Crippen LogP contribution in [-0.4, -0.2) is 72.1 Å². The van der Waals surface area contributed by atoms with Crippen LogP contribution in [0.4, 0.5) is 0 Å². The summed E-state index contributed by atoms with van der Waals surface area (Å²) in [6.07, 6.45) is 4.68. The third-order valence-electron chi connectivity index (χ3n) is 4.49. The van der Waals surface area contributed by atoms with Crippen LogP contribution in [0, 0.1) is 5.92 Å². The molecular formula is C15H27N3O3. The van der Waals surface area contributed by atoms with Crippen LogP contribution in [0.5, 0.6) is 0 Å². The molecule has 0 aromatic carbocycles. The lowest BCUT2D eigenvalue weighted by Gasteiger charge is -2.34. The summed E-state index contributed by atoms with van der Waals surface area (Å²) in [4.78, 5) is 26.8. The number of carbonyl (C=O) groups is 2. The van der Waals surface area contributed by atoms with E-state index < -0.39 is 5.97 Å². The Kier molecular flexibility index (Phi) is 5.99. The van der Waals surface area contributed by atoms with Crippen LogP contribution in [-0.2, 0) is 9.59 Å². The Balaban J connectivity index is 1.66. The summed E-state index contributed by atoms with van der Waals surface area (Å²) in [5, 5.41) is 11.9. The highest BCUT2D eigenvalue weighted by molar-refractivity contribution is 5.78. The fourth-order valence-corrected chi connectivity index (χ4v) is 3.34. The first-order valence-electron chi connectivity index (χ1n) is 7.99. The maximum Gasteiger partial charge on any atom is 0.317 e.